The number of benzene rings is 1. The molecule has 0 saturated carbocycles. The van der Waals surface area contributed by atoms with Gasteiger partial charge in [0.25, 0.3) is 5.56 Å². The predicted molar refractivity (Wildman–Crippen MR) is 87.3 cm³/mol. The standard InChI is InChI=1S/C17H23NO4/c1-5-6-9-21-16-15(22-11(2)3)13-8-7-12(20-4)10-14(13)18-17(16)19/h7-8,10-11H,5-6,9H2,1-4H3,(H,18,19). The van der Waals surface area contributed by atoms with E-state index in [4.69, 9.17) is 14.2 Å². The van der Waals surface area contributed by atoms with Crippen molar-refractivity contribution in [2.24, 2.45) is 0 Å². The molecule has 2 rings (SSSR count). The van der Waals surface area contributed by atoms with Crippen LogP contribution in [0.25, 0.3) is 10.9 Å². The van der Waals surface area contributed by atoms with Crippen LogP contribution in [0, 0.1) is 0 Å². The van der Waals surface area contributed by atoms with Gasteiger partial charge in [0.2, 0.25) is 5.75 Å². The molecule has 0 aliphatic heterocycles. The topological polar surface area (TPSA) is 60.6 Å². The second-order valence-electron chi connectivity index (χ2n) is 5.39. The fourth-order valence-electron chi connectivity index (χ4n) is 2.16. The molecule has 0 bridgehead atoms. The first-order valence-electron chi connectivity index (χ1n) is 7.60. The number of methoxy groups -OCH3 is 1. The van der Waals surface area contributed by atoms with Crippen LogP contribution in [-0.4, -0.2) is 24.8 Å². The predicted octanol–water partition coefficient (Wildman–Crippen LogP) is 3.50. The molecule has 0 aliphatic rings. The van der Waals surface area contributed by atoms with Gasteiger partial charge in [-0.2, -0.15) is 0 Å². The zero-order chi connectivity index (χ0) is 16.1. The molecule has 0 unspecified atom stereocenters. The number of rotatable bonds is 7. The molecule has 120 valence electrons. The summed E-state index contributed by atoms with van der Waals surface area (Å²) < 4.78 is 16.7. The van der Waals surface area contributed by atoms with Crippen molar-refractivity contribution in [3.05, 3.63) is 28.6 Å². The highest BCUT2D eigenvalue weighted by Gasteiger charge is 2.17. The summed E-state index contributed by atoms with van der Waals surface area (Å²) in [6, 6.07) is 5.48. The van der Waals surface area contributed by atoms with Crippen molar-refractivity contribution in [1.29, 1.82) is 0 Å². The van der Waals surface area contributed by atoms with Crippen molar-refractivity contribution in [3.8, 4) is 17.2 Å². The van der Waals surface area contributed by atoms with Gasteiger partial charge in [-0.3, -0.25) is 4.79 Å². The molecule has 5 nitrogen and oxygen atoms in total. The van der Waals surface area contributed by atoms with Crippen molar-refractivity contribution in [1.82, 2.24) is 4.98 Å². The summed E-state index contributed by atoms with van der Waals surface area (Å²) >= 11 is 0. The summed E-state index contributed by atoms with van der Waals surface area (Å²) in [5.74, 6) is 1.42. The minimum Gasteiger partial charge on any atom is -0.497 e. The van der Waals surface area contributed by atoms with Gasteiger partial charge >= 0.3 is 0 Å². The highest BCUT2D eigenvalue weighted by molar-refractivity contribution is 5.88. The number of unbranched alkanes of at least 4 members (excludes halogenated alkanes) is 1. The summed E-state index contributed by atoms with van der Waals surface area (Å²) in [7, 11) is 1.59. The van der Waals surface area contributed by atoms with Crippen LogP contribution >= 0.6 is 0 Å². The average molecular weight is 305 g/mol. The molecule has 5 heteroatoms. The lowest BCUT2D eigenvalue weighted by Crippen LogP contribution is -2.16. The third-order valence-corrected chi connectivity index (χ3v) is 3.23. The lowest BCUT2D eigenvalue weighted by atomic mass is 10.2. The Morgan fingerprint density at radius 3 is 2.64 bits per heavy atom. The Morgan fingerprint density at radius 1 is 1.23 bits per heavy atom. The first-order chi connectivity index (χ1) is 10.6. The van der Waals surface area contributed by atoms with Crippen molar-refractivity contribution in [3.63, 3.8) is 0 Å². The van der Waals surface area contributed by atoms with Crippen molar-refractivity contribution in [2.45, 2.75) is 39.7 Å². The summed E-state index contributed by atoms with van der Waals surface area (Å²) in [4.78, 5) is 15.2. The van der Waals surface area contributed by atoms with E-state index in [1.807, 2.05) is 26.0 Å². The van der Waals surface area contributed by atoms with E-state index in [9.17, 15) is 4.79 Å². The van der Waals surface area contributed by atoms with Gasteiger partial charge in [0.05, 0.1) is 25.3 Å². The lowest BCUT2D eigenvalue weighted by Gasteiger charge is -2.17. The molecule has 0 atom stereocenters. The summed E-state index contributed by atoms with van der Waals surface area (Å²) in [5.41, 5.74) is 0.385. The highest BCUT2D eigenvalue weighted by Crippen LogP contribution is 2.34. The largest absolute Gasteiger partial charge is 0.497 e. The third-order valence-electron chi connectivity index (χ3n) is 3.23. The number of fused-ring (bicyclic) bond motifs is 1. The Kier molecular flexibility index (Phi) is 5.31. The van der Waals surface area contributed by atoms with E-state index in [0.717, 1.165) is 18.2 Å². The van der Waals surface area contributed by atoms with Gasteiger partial charge in [-0.25, -0.2) is 0 Å². The maximum atomic E-state index is 12.3. The average Bonchev–Trinajstić information content (AvgIpc) is 2.49. The number of hydrogen-bond acceptors (Lipinski definition) is 4. The van der Waals surface area contributed by atoms with Crippen LogP contribution in [-0.2, 0) is 0 Å². The number of aromatic nitrogens is 1. The van der Waals surface area contributed by atoms with E-state index in [2.05, 4.69) is 11.9 Å². The number of pyridine rings is 1. The fourth-order valence-corrected chi connectivity index (χ4v) is 2.16. The van der Waals surface area contributed by atoms with Gasteiger partial charge in [-0.05, 0) is 32.4 Å². The fraction of sp³-hybridized carbons (Fsp3) is 0.471. The summed E-state index contributed by atoms with van der Waals surface area (Å²) in [6.07, 6.45) is 1.84. The Hall–Kier alpha value is -2.17. The lowest BCUT2D eigenvalue weighted by molar-refractivity contribution is 0.221. The maximum Gasteiger partial charge on any atom is 0.294 e. The van der Waals surface area contributed by atoms with Gasteiger partial charge in [-0.1, -0.05) is 13.3 Å². The van der Waals surface area contributed by atoms with Gasteiger partial charge in [0.1, 0.15) is 5.75 Å². The van der Waals surface area contributed by atoms with Crippen molar-refractivity contribution >= 4 is 10.9 Å². The van der Waals surface area contributed by atoms with Gasteiger partial charge < -0.3 is 19.2 Å². The maximum absolute atomic E-state index is 12.3. The van der Waals surface area contributed by atoms with E-state index in [-0.39, 0.29) is 17.4 Å². The number of aromatic amines is 1. The Balaban J connectivity index is 2.56. The normalized spacial score (nSPS) is 11.0. The quantitative estimate of drug-likeness (QED) is 0.795. The molecule has 22 heavy (non-hydrogen) atoms. The SMILES string of the molecule is CCCCOc1c(OC(C)C)c2ccc(OC)cc2[nH]c1=O. The summed E-state index contributed by atoms with van der Waals surface area (Å²) in [5, 5.41) is 0.806. The molecule has 1 aromatic carbocycles. The molecule has 0 saturated heterocycles. The number of nitrogens with one attached hydrogen (secondary N) is 1. The minimum atomic E-state index is -0.285. The van der Waals surface area contributed by atoms with Crippen LogP contribution in [0.4, 0.5) is 0 Å². The molecule has 1 N–H and O–H groups in total. The van der Waals surface area contributed by atoms with Crippen LogP contribution < -0.4 is 19.8 Å². The van der Waals surface area contributed by atoms with Crippen LogP contribution in [0.3, 0.4) is 0 Å². The number of ether oxygens (including phenoxy) is 3. The third kappa shape index (κ3) is 3.53. The van der Waals surface area contributed by atoms with Crippen LogP contribution in [0.2, 0.25) is 0 Å². The van der Waals surface area contributed by atoms with E-state index in [0.29, 0.717) is 23.6 Å². The molecular weight excluding hydrogens is 282 g/mol. The highest BCUT2D eigenvalue weighted by atomic mass is 16.5. The first-order valence-corrected chi connectivity index (χ1v) is 7.60. The molecule has 0 fully saturated rings. The first kappa shape index (κ1) is 16.2. The summed E-state index contributed by atoms with van der Waals surface area (Å²) in [6.45, 7) is 6.42. The molecule has 0 radical (unpaired) electrons. The second-order valence-corrected chi connectivity index (χ2v) is 5.39. The zero-order valence-electron chi connectivity index (χ0n) is 13.6. The Labute approximate surface area is 130 Å². The Morgan fingerprint density at radius 2 is 2.00 bits per heavy atom. The van der Waals surface area contributed by atoms with E-state index >= 15 is 0 Å². The van der Waals surface area contributed by atoms with E-state index < -0.39 is 0 Å². The van der Waals surface area contributed by atoms with Crippen LogP contribution in [0.5, 0.6) is 17.2 Å². The molecule has 0 amide bonds. The smallest absolute Gasteiger partial charge is 0.294 e. The monoisotopic (exact) mass is 305 g/mol. The number of H-pyrrole nitrogens is 1. The zero-order valence-corrected chi connectivity index (χ0v) is 13.6. The van der Waals surface area contributed by atoms with Crippen LogP contribution in [0.15, 0.2) is 23.0 Å². The molecule has 0 aliphatic carbocycles. The Bertz CT molecular complexity index is 691. The number of hydrogen-bond donors (Lipinski definition) is 1. The van der Waals surface area contributed by atoms with Crippen molar-refractivity contribution in [2.75, 3.05) is 13.7 Å². The van der Waals surface area contributed by atoms with Gasteiger partial charge in [-0.15, -0.1) is 0 Å². The van der Waals surface area contributed by atoms with Crippen molar-refractivity contribution < 1.29 is 14.2 Å². The van der Waals surface area contributed by atoms with Crippen LogP contribution in [0.1, 0.15) is 33.6 Å². The second kappa shape index (κ2) is 7.20. The minimum absolute atomic E-state index is 0.0550. The van der Waals surface area contributed by atoms with E-state index in [1.54, 1.807) is 13.2 Å². The molecule has 1 aromatic heterocycles. The molecular formula is C17H23NO4. The molecule has 2 aromatic rings. The van der Waals surface area contributed by atoms with Gasteiger partial charge in [0.15, 0.2) is 5.75 Å². The van der Waals surface area contributed by atoms with Gasteiger partial charge in [0, 0.05) is 11.5 Å². The molecule has 1 heterocycles. The van der Waals surface area contributed by atoms with E-state index in [1.165, 1.54) is 0 Å². The molecule has 0 spiro atoms.